The van der Waals surface area contributed by atoms with Crippen molar-refractivity contribution >= 4 is 17.8 Å². The highest BCUT2D eigenvalue weighted by Crippen LogP contribution is 2.23. The van der Waals surface area contributed by atoms with Crippen LogP contribution in [0.1, 0.15) is 46.0 Å². The molecule has 0 unspecified atom stereocenters. The van der Waals surface area contributed by atoms with Crippen LogP contribution in [0.5, 0.6) is 0 Å². The normalized spacial score (nSPS) is 14.4. The number of carbonyl (C=O) groups is 3. The van der Waals surface area contributed by atoms with Gasteiger partial charge in [-0.05, 0) is 33.3 Å². The summed E-state index contributed by atoms with van der Waals surface area (Å²) in [7, 11) is 1.74. The Kier molecular flexibility index (Phi) is 8.86. The number of ketones is 1. The van der Waals surface area contributed by atoms with Gasteiger partial charge in [0.05, 0.1) is 26.4 Å². The summed E-state index contributed by atoms with van der Waals surface area (Å²) in [4.78, 5) is 41.8. The zero-order valence-corrected chi connectivity index (χ0v) is 18.7. The van der Waals surface area contributed by atoms with E-state index in [1.807, 2.05) is 6.92 Å². The maximum atomic E-state index is 13.2. The molecule has 1 aliphatic heterocycles. The van der Waals surface area contributed by atoms with Gasteiger partial charge in [-0.1, -0.05) is 0 Å². The van der Waals surface area contributed by atoms with Crippen LogP contribution in [0.4, 0.5) is 4.79 Å². The predicted octanol–water partition coefficient (Wildman–Crippen LogP) is 1.37. The smallest absolute Gasteiger partial charge is 0.355 e. The van der Waals surface area contributed by atoms with Gasteiger partial charge in [0.25, 0.3) is 0 Å². The van der Waals surface area contributed by atoms with Crippen LogP contribution in [0, 0.1) is 13.8 Å². The third-order valence-corrected chi connectivity index (χ3v) is 5.42. The van der Waals surface area contributed by atoms with E-state index in [2.05, 4.69) is 10.2 Å². The summed E-state index contributed by atoms with van der Waals surface area (Å²) in [6.45, 7) is 11.9. The fourth-order valence-corrected chi connectivity index (χ4v) is 3.73. The van der Waals surface area contributed by atoms with Gasteiger partial charge in [0, 0.05) is 51.0 Å². The number of morpholine rings is 1. The number of urea groups is 1. The van der Waals surface area contributed by atoms with E-state index >= 15 is 0 Å². The lowest BCUT2D eigenvalue weighted by molar-refractivity contribution is 0.0348. The number of amides is 2. The highest BCUT2D eigenvalue weighted by atomic mass is 16.5. The van der Waals surface area contributed by atoms with Crippen molar-refractivity contribution in [1.82, 2.24) is 19.7 Å². The lowest BCUT2D eigenvalue weighted by Gasteiger charge is -2.30. The van der Waals surface area contributed by atoms with Gasteiger partial charge in [-0.15, -0.1) is 0 Å². The minimum atomic E-state index is -0.451. The molecule has 0 saturated carbocycles. The first-order valence-corrected chi connectivity index (χ1v) is 10.5. The Balaban J connectivity index is 2.18. The molecule has 1 fully saturated rings. The highest BCUT2D eigenvalue weighted by Gasteiger charge is 2.28. The van der Waals surface area contributed by atoms with Crippen molar-refractivity contribution in [3.63, 3.8) is 0 Å². The second kappa shape index (κ2) is 11.1. The summed E-state index contributed by atoms with van der Waals surface area (Å²) in [5, 5.41) is 2.78. The zero-order valence-electron chi connectivity index (χ0n) is 18.7. The van der Waals surface area contributed by atoms with Gasteiger partial charge in [-0.3, -0.25) is 9.69 Å². The molecule has 168 valence electrons. The van der Waals surface area contributed by atoms with Crippen LogP contribution < -0.4 is 5.32 Å². The molecule has 9 nitrogen and oxygen atoms in total. The van der Waals surface area contributed by atoms with Crippen LogP contribution in [-0.4, -0.2) is 91.2 Å². The average Bonchev–Trinajstić information content (AvgIpc) is 2.94. The molecule has 0 aliphatic carbocycles. The van der Waals surface area contributed by atoms with E-state index in [1.165, 1.54) is 4.90 Å². The van der Waals surface area contributed by atoms with Crippen LogP contribution in [0.2, 0.25) is 0 Å². The van der Waals surface area contributed by atoms with Crippen molar-refractivity contribution in [2.45, 2.75) is 27.7 Å². The molecule has 2 heterocycles. The summed E-state index contributed by atoms with van der Waals surface area (Å²) in [6, 6.07) is -0.268. The maximum absolute atomic E-state index is 13.2. The van der Waals surface area contributed by atoms with E-state index in [1.54, 1.807) is 32.4 Å². The summed E-state index contributed by atoms with van der Waals surface area (Å²) in [6.07, 6.45) is 0. The van der Waals surface area contributed by atoms with Crippen molar-refractivity contribution in [1.29, 1.82) is 0 Å². The molecule has 1 saturated heterocycles. The third kappa shape index (κ3) is 5.60. The van der Waals surface area contributed by atoms with Crippen LogP contribution >= 0.6 is 0 Å². The number of nitrogens with one attached hydrogen (secondary N) is 1. The Morgan fingerprint density at radius 2 is 1.83 bits per heavy atom. The van der Waals surface area contributed by atoms with Gasteiger partial charge in [-0.2, -0.15) is 0 Å². The fraction of sp³-hybridized carbons (Fsp3) is 0.667. The molecule has 9 heteroatoms. The molecule has 0 aromatic carbocycles. The summed E-state index contributed by atoms with van der Waals surface area (Å²) >= 11 is 0. The second-order valence-electron chi connectivity index (χ2n) is 7.35. The van der Waals surface area contributed by atoms with Crippen molar-refractivity contribution in [2.75, 3.05) is 59.1 Å². The first-order chi connectivity index (χ1) is 14.3. The quantitative estimate of drug-likeness (QED) is 0.477. The van der Waals surface area contributed by atoms with Gasteiger partial charge < -0.3 is 24.3 Å². The molecule has 1 aliphatic rings. The summed E-state index contributed by atoms with van der Waals surface area (Å²) in [5.74, 6) is -0.642. The van der Waals surface area contributed by atoms with Crippen molar-refractivity contribution in [2.24, 2.45) is 7.05 Å². The summed E-state index contributed by atoms with van der Waals surface area (Å²) < 4.78 is 12.2. The third-order valence-electron chi connectivity index (χ3n) is 5.42. The van der Waals surface area contributed by atoms with E-state index in [0.717, 1.165) is 13.1 Å². The molecule has 30 heavy (non-hydrogen) atoms. The summed E-state index contributed by atoms with van der Waals surface area (Å²) in [5.41, 5.74) is 2.11. The largest absolute Gasteiger partial charge is 0.461 e. The Hall–Kier alpha value is -2.39. The number of aromatic nitrogens is 1. The molecular formula is C21H34N4O5. The molecule has 0 radical (unpaired) electrons. The molecule has 0 atom stereocenters. The average molecular weight is 423 g/mol. The zero-order chi connectivity index (χ0) is 22.3. The van der Waals surface area contributed by atoms with Crippen molar-refractivity contribution in [3.05, 3.63) is 22.5 Å². The minimum absolute atomic E-state index is 0.0515. The lowest BCUT2D eigenvalue weighted by atomic mass is 10.1. The SMILES string of the molecule is CCNC(=O)N(CCN1CCOCC1)CC(=O)c1c(C)c(C(=O)OCC)n(C)c1C. The number of hydrogen-bond donors (Lipinski definition) is 1. The number of carbonyl (C=O) groups excluding carboxylic acids is 3. The van der Waals surface area contributed by atoms with E-state index < -0.39 is 5.97 Å². The number of esters is 1. The van der Waals surface area contributed by atoms with Gasteiger partial charge in [0.2, 0.25) is 0 Å². The van der Waals surface area contributed by atoms with E-state index in [9.17, 15) is 14.4 Å². The molecule has 0 bridgehead atoms. The fourth-order valence-electron chi connectivity index (χ4n) is 3.73. The minimum Gasteiger partial charge on any atom is -0.461 e. The molecule has 0 spiro atoms. The molecular weight excluding hydrogens is 388 g/mol. The van der Waals surface area contributed by atoms with E-state index in [0.29, 0.717) is 55.4 Å². The molecule has 2 amide bonds. The number of Topliss-reactive ketones (excluding diaryl/α,β-unsaturated/α-hetero) is 1. The first-order valence-electron chi connectivity index (χ1n) is 10.5. The predicted molar refractivity (Wildman–Crippen MR) is 113 cm³/mol. The van der Waals surface area contributed by atoms with Gasteiger partial charge in [-0.25, -0.2) is 9.59 Å². The standard InChI is InChI=1S/C21H34N4O5/c1-6-22-21(28)25(9-8-24-10-12-29-13-11-24)14-17(26)18-15(3)19(20(27)30-7-2)23(5)16(18)4/h6-14H2,1-5H3,(H,22,28). The maximum Gasteiger partial charge on any atom is 0.355 e. The Morgan fingerprint density at radius 1 is 1.17 bits per heavy atom. The molecule has 1 aromatic heterocycles. The van der Waals surface area contributed by atoms with Crippen LogP contribution in [0.15, 0.2) is 0 Å². The number of nitrogens with zero attached hydrogens (tertiary/aromatic N) is 3. The Labute approximate surface area is 178 Å². The van der Waals surface area contributed by atoms with Crippen LogP contribution in [-0.2, 0) is 16.5 Å². The molecule has 2 rings (SSSR count). The van der Waals surface area contributed by atoms with Crippen LogP contribution in [0.25, 0.3) is 0 Å². The highest BCUT2D eigenvalue weighted by molar-refractivity contribution is 6.04. The Bertz CT molecular complexity index is 768. The monoisotopic (exact) mass is 422 g/mol. The topological polar surface area (TPSA) is 93.1 Å². The number of rotatable bonds is 9. The van der Waals surface area contributed by atoms with E-state index in [-0.39, 0.29) is 25.0 Å². The van der Waals surface area contributed by atoms with E-state index in [4.69, 9.17) is 9.47 Å². The van der Waals surface area contributed by atoms with Crippen molar-refractivity contribution in [3.8, 4) is 0 Å². The van der Waals surface area contributed by atoms with Crippen molar-refractivity contribution < 1.29 is 23.9 Å². The number of ether oxygens (including phenoxy) is 2. The molecule has 1 aromatic rings. The Morgan fingerprint density at radius 3 is 2.43 bits per heavy atom. The first kappa shape index (κ1) is 23.9. The molecule has 1 N–H and O–H groups in total. The van der Waals surface area contributed by atoms with Gasteiger partial charge >= 0.3 is 12.0 Å². The number of hydrogen-bond acceptors (Lipinski definition) is 6. The van der Waals surface area contributed by atoms with Crippen LogP contribution in [0.3, 0.4) is 0 Å². The lowest BCUT2D eigenvalue weighted by Crippen LogP contribution is -2.47. The van der Waals surface area contributed by atoms with Gasteiger partial charge in [0.1, 0.15) is 5.69 Å². The van der Waals surface area contributed by atoms with Gasteiger partial charge in [0.15, 0.2) is 5.78 Å². The second-order valence-corrected chi connectivity index (χ2v) is 7.35.